The first-order valence-corrected chi connectivity index (χ1v) is 12.9. The molecule has 1 aliphatic carbocycles. The number of hydrogen-bond acceptors (Lipinski definition) is 5. The molecule has 37 heavy (non-hydrogen) atoms. The average molecular weight is 515 g/mol. The summed E-state index contributed by atoms with van der Waals surface area (Å²) in [7, 11) is 0. The third-order valence-corrected chi connectivity index (χ3v) is 6.17. The van der Waals surface area contributed by atoms with Crippen LogP contribution in [0.25, 0.3) is 6.08 Å². The lowest BCUT2D eigenvalue weighted by Gasteiger charge is -2.35. The van der Waals surface area contributed by atoms with Crippen LogP contribution < -0.4 is 16.4 Å². The molecule has 5 unspecified atom stereocenters. The maximum atomic E-state index is 14.0. The second-order valence-electron chi connectivity index (χ2n) is 10.9. The number of hydrogen-bond donors (Lipinski definition) is 3. The molecule has 0 spiro atoms. The number of nitrogens with two attached hydrogens (primary N) is 1. The van der Waals surface area contributed by atoms with Crippen LogP contribution in [0.2, 0.25) is 0 Å². The molecule has 9 nitrogen and oxygen atoms in total. The van der Waals surface area contributed by atoms with E-state index in [1.807, 2.05) is 32.9 Å². The van der Waals surface area contributed by atoms with Crippen molar-refractivity contribution < 1.29 is 23.9 Å². The Morgan fingerprint density at radius 2 is 1.89 bits per heavy atom. The highest BCUT2D eigenvalue weighted by atomic mass is 16.6. The van der Waals surface area contributed by atoms with Crippen molar-refractivity contribution in [3.63, 3.8) is 0 Å². The number of nitrogens with zero attached hydrogens (tertiary/aromatic N) is 1. The minimum atomic E-state index is -1.29. The highest BCUT2D eigenvalue weighted by Crippen LogP contribution is 2.41. The zero-order chi connectivity index (χ0) is 27.9. The highest BCUT2D eigenvalue weighted by Gasteiger charge is 2.48. The molecule has 1 fully saturated rings. The number of carbonyl (C=O) groups excluding carboxylic acids is 4. The topological polar surface area (TPSA) is 131 Å². The van der Waals surface area contributed by atoms with E-state index in [2.05, 4.69) is 17.2 Å². The third-order valence-electron chi connectivity index (χ3n) is 6.17. The third kappa shape index (κ3) is 8.91. The fourth-order valence-corrected chi connectivity index (χ4v) is 4.32. The summed E-state index contributed by atoms with van der Waals surface area (Å²) >= 11 is 0. The van der Waals surface area contributed by atoms with E-state index >= 15 is 0 Å². The number of rotatable bonds is 12. The summed E-state index contributed by atoms with van der Waals surface area (Å²) in [5.74, 6) is -1.51. The highest BCUT2D eigenvalue weighted by molar-refractivity contribution is 5.95. The van der Waals surface area contributed by atoms with Gasteiger partial charge in [-0.2, -0.15) is 0 Å². The summed E-state index contributed by atoms with van der Waals surface area (Å²) in [6.07, 6.45) is 2.76. The van der Waals surface area contributed by atoms with Crippen LogP contribution in [0, 0.1) is 5.92 Å². The van der Waals surface area contributed by atoms with Crippen molar-refractivity contribution in [3.05, 3.63) is 42.0 Å². The van der Waals surface area contributed by atoms with Gasteiger partial charge in [0.25, 0.3) is 0 Å². The number of alkyl carbamates (subject to hydrolysis) is 1. The molecule has 0 bridgehead atoms. The predicted molar refractivity (Wildman–Crippen MR) is 143 cm³/mol. The van der Waals surface area contributed by atoms with Crippen LogP contribution in [0.3, 0.4) is 0 Å². The lowest BCUT2D eigenvalue weighted by atomic mass is 9.99. The predicted octanol–water partition coefficient (Wildman–Crippen LogP) is 3.68. The van der Waals surface area contributed by atoms with Crippen molar-refractivity contribution in [2.24, 2.45) is 11.7 Å². The van der Waals surface area contributed by atoms with Crippen molar-refractivity contribution in [3.8, 4) is 0 Å². The van der Waals surface area contributed by atoms with Gasteiger partial charge in [0.15, 0.2) is 0 Å². The second kappa shape index (κ2) is 12.7. The fraction of sp³-hybridized carbons (Fsp3) is 0.571. The van der Waals surface area contributed by atoms with Gasteiger partial charge in [-0.25, -0.2) is 4.79 Å². The molecule has 0 aromatic heterocycles. The van der Waals surface area contributed by atoms with E-state index in [4.69, 9.17) is 10.5 Å². The maximum absolute atomic E-state index is 14.0. The smallest absolute Gasteiger partial charge is 0.408 e. The lowest BCUT2D eigenvalue weighted by molar-refractivity contribution is -0.144. The lowest BCUT2D eigenvalue weighted by Crippen LogP contribution is -2.55. The van der Waals surface area contributed by atoms with Gasteiger partial charge in [0.2, 0.25) is 17.7 Å². The Morgan fingerprint density at radius 1 is 1.24 bits per heavy atom. The largest absolute Gasteiger partial charge is 0.444 e. The molecule has 1 aromatic rings. The Kier molecular flexibility index (Phi) is 10.3. The van der Waals surface area contributed by atoms with Gasteiger partial charge in [-0.15, -0.1) is 0 Å². The van der Waals surface area contributed by atoms with E-state index in [9.17, 15) is 19.2 Å². The monoisotopic (exact) mass is 514 g/mol. The first-order valence-electron chi connectivity index (χ1n) is 12.9. The quantitative estimate of drug-likeness (QED) is 0.392. The molecule has 0 radical (unpaired) electrons. The van der Waals surface area contributed by atoms with Gasteiger partial charge in [0.1, 0.15) is 17.7 Å². The summed E-state index contributed by atoms with van der Waals surface area (Å²) in [5.41, 5.74) is 6.05. The van der Waals surface area contributed by atoms with Crippen molar-refractivity contribution in [2.75, 3.05) is 0 Å². The van der Waals surface area contributed by atoms with Crippen LogP contribution >= 0.6 is 0 Å². The summed E-state index contributed by atoms with van der Waals surface area (Å²) in [6, 6.07) is 4.67. The number of benzene rings is 1. The van der Waals surface area contributed by atoms with Gasteiger partial charge in [-0.3, -0.25) is 14.4 Å². The van der Waals surface area contributed by atoms with Crippen LogP contribution in [-0.4, -0.2) is 52.4 Å². The van der Waals surface area contributed by atoms with E-state index in [1.54, 1.807) is 39.0 Å². The molecular formula is C28H42N4O5. The Labute approximate surface area is 220 Å². The minimum Gasteiger partial charge on any atom is -0.444 e. The molecule has 5 atom stereocenters. The molecule has 0 saturated heterocycles. The summed E-state index contributed by atoms with van der Waals surface area (Å²) in [4.78, 5) is 53.7. The SMILES string of the molecule is C=Cc1cccc(C(C(=O)NC(C)CCC)N(C(=O)C(CC(N)=O)NC(=O)OC(C)(C)C)C2CC2C)c1. The number of carbonyl (C=O) groups is 4. The summed E-state index contributed by atoms with van der Waals surface area (Å²) in [5, 5.41) is 5.55. The molecule has 4 N–H and O–H groups in total. The first-order chi connectivity index (χ1) is 17.3. The van der Waals surface area contributed by atoms with Crippen LogP contribution in [0.4, 0.5) is 4.79 Å². The van der Waals surface area contributed by atoms with Gasteiger partial charge >= 0.3 is 6.09 Å². The van der Waals surface area contributed by atoms with Crippen LogP contribution in [0.5, 0.6) is 0 Å². The molecule has 4 amide bonds. The van der Waals surface area contributed by atoms with Crippen molar-refractivity contribution in [2.45, 2.75) is 97.0 Å². The maximum Gasteiger partial charge on any atom is 0.408 e. The number of amides is 4. The molecule has 2 rings (SSSR count). The molecule has 9 heteroatoms. The van der Waals surface area contributed by atoms with Crippen LogP contribution in [0.15, 0.2) is 30.8 Å². The molecule has 1 aliphatic rings. The number of nitrogens with one attached hydrogen (secondary N) is 2. The summed E-state index contributed by atoms with van der Waals surface area (Å²) < 4.78 is 5.32. The van der Waals surface area contributed by atoms with Gasteiger partial charge < -0.3 is 26.0 Å². The van der Waals surface area contributed by atoms with E-state index in [1.165, 1.54) is 4.90 Å². The van der Waals surface area contributed by atoms with Crippen molar-refractivity contribution >= 4 is 29.9 Å². The number of ether oxygens (including phenoxy) is 1. The Bertz CT molecular complexity index is 1000. The Balaban J connectivity index is 2.53. The molecule has 0 heterocycles. The van der Waals surface area contributed by atoms with Crippen LogP contribution in [0.1, 0.15) is 84.4 Å². The standard InChI is InChI=1S/C28H42N4O5/c1-8-11-18(4)30-25(34)24(20-13-10-12-19(9-2)15-20)32(22-14-17(22)3)26(35)21(16-23(29)33)31-27(36)37-28(5,6)7/h9-10,12-13,15,17-18,21-22,24H,2,8,11,14,16H2,1,3-7H3,(H2,29,33)(H,30,34)(H,31,36). The zero-order valence-corrected chi connectivity index (χ0v) is 22.9. The fourth-order valence-electron chi connectivity index (χ4n) is 4.32. The first kappa shape index (κ1) is 29.9. The van der Waals surface area contributed by atoms with Crippen LogP contribution in [-0.2, 0) is 19.1 Å². The van der Waals surface area contributed by atoms with E-state index in [0.717, 1.165) is 18.4 Å². The van der Waals surface area contributed by atoms with E-state index in [-0.39, 0.29) is 23.9 Å². The molecule has 204 valence electrons. The van der Waals surface area contributed by atoms with E-state index in [0.29, 0.717) is 12.0 Å². The number of primary amides is 1. The molecule has 1 saturated carbocycles. The van der Waals surface area contributed by atoms with Crippen molar-refractivity contribution in [1.29, 1.82) is 0 Å². The summed E-state index contributed by atoms with van der Waals surface area (Å²) in [6.45, 7) is 14.8. The van der Waals surface area contributed by atoms with Gasteiger partial charge in [-0.1, -0.05) is 51.1 Å². The molecular weight excluding hydrogens is 472 g/mol. The van der Waals surface area contributed by atoms with Gasteiger partial charge in [0.05, 0.1) is 6.42 Å². The zero-order valence-electron chi connectivity index (χ0n) is 22.9. The average Bonchev–Trinajstić information content (AvgIpc) is 3.50. The van der Waals surface area contributed by atoms with E-state index < -0.39 is 42.0 Å². The Hall–Kier alpha value is -3.36. The normalized spacial score (nSPS) is 19.1. The van der Waals surface area contributed by atoms with Gasteiger partial charge in [0, 0.05) is 12.1 Å². The van der Waals surface area contributed by atoms with Gasteiger partial charge in [-0.05, 0) is 63.6 Å². The van der Waals surface area contributed by atoms with Crippen molar-refractivity contribution in [1.82, 2.24) is 15.5 Å². The second-order valence-corrected chi connectivity index (χ2v) is 10.9. The molecule has 1 aromatic carbocycles. The molecule has 0 aliphatic heterocycles. The Morgan fingerprint density at radius 3 is 2.41 bits per heavy atom. The minimum absolute atomic E-state index is 0.0996.